The molecule has 31 heavy (non-hydrogen) atoms. The molecule has 3 saturated heterocycles. The van der Waals surface area contributed by atoms with E-state index in [4.69, 9.17) is 0 Å². The first-order valence-electron chi connectivity index (χ1n) is 11.6. The fourth-order valence-corrected chi connectivity index (χ4v) is 5.70. The Kier molecular flexibility index (Phi) is 6.30. The molecule has 7 nitrogen and oxygen atoms in total. The summed E-state index contributed by atoms with van der Waals surface area (Å²) in [6, 6.07) is 3.88. The maximum absolute atomic E-state index is 12.9. The van der Waals surface area contributed by atoms with Crippen molar-refractivity contribution < 1.29 is 14.4 Å². The molecule has 3 aliphatic heterocycles. The third-order valence-electron chi connectivity index (χ3n) is 7.07. The highest BCUT2D eigenvalue weighted by Gasteiger charge is 2.49. The Morgan fingerprint density at radius 2 is 2.03 bits per heavy atom. The van der Waals surface area contributed by atoms with Crippen LogP contribution in [0.5, 0.6) is 0 Å². The van der Waals surface area contributed by atoms with Crippen LogP contribution in [-0.4, -0.2) is 59.2 Å². The number of Topliss-reactive ketones (excluding diaryl/α,β-unsaturated/α-hetero) is 1. The Morgan fingerprint density at radius 1 is 1.26 bits per heavy atom. The summed E-state index contributed by atoms with van der Waals surface area (Å²) in [5, 5.41) is 3.11. The maximum atomic E-state index is 12.9. The van der Waals surface area contributed by atoms with Gasteiger partial charge in [0.15, 0.2) is 5.78 Å². The number of aromatic nitrogens is 1. The standard InChI is InChI=1S/C24H34N4O3/c1-15(2)9-23(30)26-12-21-19-10-18(20-5-4-6-24(31)28(20)21)13-27(14-19)22-11-17(16(3)29)7-8-25-22/h7-8,11,15,18-21H,4-6,9-10,12-14H2,1-3H3,(H,26,30)/t18-,19-,20-,21-/m0/s1. The number of piperidine rings is 3. The van der Waals surface area contributed by atoms with Gasteiger partial charge in [-0.15, -0.1) is 0 Å². The molecule has 4 rings (SSSR count). The quantitative estimate of drug-likeness (QED) is 0.707. The lowest BCUT2D eigenvalue weighted by atomic mass is 9.72. The molecule has 3 fully saturated rings. The second-order valence-electron chi connectivity index (χ2n) is 9.85. The van der Waals surface area contributed by atoms with Crippen molar-refractivity contribution in [3.63, 3.8) is 0 Å². The predicted octanol–water partition coefficient (Wildman–Crippen LogP) is 2.65. The number of nitrogens with zero attached hydrogens (tertiary/aromatic N) is 3. The molecule has 7 heteroatoms. The third-order valence-corrected chi connectivity index (χ3v) is 7.07. The highest BCUT2D eigenvalue weighted by Crippen LogP contribution is 2.42. The molecule has 0 radical (unpaired) electrons. The van der Waals surface area contributed by atoms with Crippen LogP contribution >= 0.6 is 0 Å². The lowest BCUT2D eigenvalue weighted by molar-refractivity contribution is -0.149. The molecular weight excluding hydrogens is 392 g/mol. The van der Waals surface area contributed by atoms with Crippen LogP contribution in [0.15, 0.2) is 18.3 Å². The molecule has 4 atom stereocenters. The fraction of sp³-hybridized carbons (Fsp3) is 0.667. The Hall–Kier alpha value is -2.44. The first-order chi connectivity index (χ1) is 14.8. The van der Waals surface area contributed by atoms with E-state index in [2.05, 4.69) is 20.1 Å². The van der Waals surface area contributed by atoms with E-state index in [1.165, 1.54) is 0 Å². The van der Waals surface area contributed by atoms with E-state index >= 15 is 0 Å². The number of rotatable bonds is 6. The highest BCUT2D eigenvalue weighted by molar-refractivity contribution is 5.94. The zero-order chi connectivity index (χ0) is 22.1. The molecule has 0 unspecified atom stereocenters. The van der Waals surface area contributed by atoms with E-state index in [9.17, 15) is 14.4 Å². The number of hydrogen-bond acceptors (Lipinski definition) is 5. The molecule has 2 bridgehead atoms. The third kappa shape index (κ3) is 4.60. The first kappa shape index (κ1) is 21.8. The van der Waals surface area contributed by atoms with E-state index in [-0.39, 0.29) is 35.6 Å². The molecule has 1 aromatic heterocycles. The van der Waals surface area contributed by atoms with Crippen LogP contribution in [0.2, 0.25) is 0 Å². The molecule has 3 aliphatic rings. The van der Waals surface area contributed by atoms with Gasteiger partial charge in [-0.05, 0) is 56.1 Å². The zero-order valence-electron chi connectivity index (χ0n) is 18.8. The number of carbonyl (C=O) groups is 3. The van der Waals surface area contributed by atoms with Gasteiger partial charge in [0.05, 0.1) is 6.04 Å². The number of hydrogen-bond donors (Lipinski definition) is 1. The van der Waals surface area contributed by atoms with Gasteiger partial charge in [0.1, 0.15) is 5.82 Å². The second-order valence-corrected chi connectivity index (χ2v) is 9.85. The molecule has 4 heterocycles. The highest BCUT2D eigenvalue weighted by atomic mass is 16.2. The van der Waals surface area contributed by atoms with E-state index in [1.807, 2.05) is 19.9 Å². The van der Waals surface area contributed by atoms with E-state index < -0.39 is 0 Å². The monoisotopic (exact) mass is 426 g/mol. The van der Waals surface area contributed by atoms with Crippen molar-refractivity contribution in [2.75, 3.05) is 24.5 Å². The van der Waals surface area contributed by atoms with Gasteiger partial charge in [-0.1, -0.05) is 13.8 Å². The number of amides is 2. The molecule has 1 N–H and O–H groups in total. The summed E-state index contributed by atoms with van der Waals surface area (Å²) >= 11 is 0. The van der Waals surface area contributed by atoms with Crippen LogP contribution in [0.25, 0.3) is 0 Å². The number of ketones is 1. The van der Waals surface area contributed by atoms with Crippen molar-refractivity contribution in [1.82, 2.24) is 15.2 Å². The predicted molar refractivity (Wildman–Crippen MR) is 119 cm³/mol. The molecule has 0 spiro atoms. The van der Waals surface area contributed by atoms with Crippen LogP contribution < -0.4 is 10.2 Å². The maximum Gasteiger partial charge on any atom is 0.223 e. The van der Waals surface area contributed by atoms with Gasteiger partial charge in [0.25, 0.3) is 0 Å². The summed E-state index contributed by atoms with van der Waals surface area (Å²) in [4.78, 5) is 46.0. The van der Waals surface area contributed by atoms with Gasteiger partial charge in [0.2, 0.25) is 11.8 Å². The van der Waals surface area contributed by atoms with Gasteiger partial charge >= 0.3 is 0 Å². The van der Waals surface area contributed by atoms with Gasteiger partial charge in [0, 0.05) is 50.3 Å². The van der Waals surface area contributed by atoms with E-state index in [0.717, 1.165) is 38.2 Å². The summed E-state index contributed by atoms with van der Waals surface area (Å²) in [6.45, 7) is 7.80. The van der Waals surface area contributed by atoms with Crippen molar-refractivity contribution in [2.24, 2.45) is 17.8 Å². The van der Waals surface area contributed by atoms with Gasteiger partial charge in [-0.3, -0.25) is 14.4 Å². The fourth-order valence-electron chi connectivity index (χ4n) is 5.70. The first-order valence-corrected chi connectivity index (χ1v) is 11.6. The van der Waals surface area contributed by atoms with Gasteiger partial charge < -0.3 is 15.1 Å². The van der Waals surface area contributed by atoms with Crippen molar-refractivity contribution in [1.29, 1.82) is 0 Å². The summed E-state index contributed by atoms with van der Waals surface area (Å²) in [6.07, 6.45) is 5.85. The summed E-state index contributed by atoms with van der Waals surface area (Å²) in [5.74, 6) is 2.15. The van der Waals surface area contributed by atoms with E-state index in [1.54, 1.807) is 19.2 Å². The van der Waals surface area contributed by atoms with Crippen molar-refractivity contribution >= 4 is 23.4 Å². The number of nitrogens with one attached hydrogen (secondary N) is 1. The number of fused-ring (bicyclic) bond motifs is 4. The lowest BCUT2D eigenvalue weighted by Crippen LogP contribution is -2.67. The van der Waals surface area contributed by atoms with E-state index in [0.29, 0.717) is 36.8 Å². The van der Waals surface area contributed by atoms with Crippen LogP contribution in [0.3, 0.4) is 0 Å². The minimum atomic E-state index is 0.0175. The van der Waals surface area contributed by atoms with Crippen molar-refractivity contribution in [2.45, 2.75) is 65.0 Å². The second kappa shape index (κ2) is 8.97. The minimum Gasteiger partial charge on any atom is -0.356 e. The van der Waals surface area contributed by atoms with Crippen LogP contribution in [0.1, 0.15) is 63.2 Å². The van der Waals surface area contributed by atoms with Crippen molar-refractivity contribution in [3.05, 3.63) is 23.9 Å². The van der Waals surface area contributed by atoms with Gasteiger partial charge in [-0.25, -0.2) is 4.98 Å². The summed E-state index contributed by atoms with van der Waals surface area (Å²) in [5.41, 5.74) is 0.674. The topological polar surface area (TPSA) is 82.6 Å². The Bertz CT molecular complexity index is 855. The Balaban J connectivity index is 1.56. The normalized spacial score (nSPS) is 27.8. The average Bonchev–Trinajstić information content (AvgIpc) is 2.73. The van der Waals surface area contributed by atoms with Gasteiger partial charge in [-0.2, -0.15) is 0 Å². The Labute approximate surface area is 184 Å². The molecule has 2 amide bonds. The summed E-state index contributed by atoms with van der Waals surface area (Å²) in [7, 11) is 0. The molecule has 0 saturated carbocycles. The van der Waals surface area contributed by atoms with Crippen LogP contribution in [-0.2, 0) is 9.59 Å². The molecule has 0 aliphatic carbocycles. The Morgan fingerprint density at radius 3 is 2.77 bits per heavy atom. The zero-order valence-corrected chi connectivity index (χ0v) is 18.8. The SMILES string of the molecule is CC(=O)c1ccnc(N2C[C@@H]3C[C@@H](C2)[C@H](CNC(=O)CC(C)C)N2C(=O)CCC[C@@H]32)c1. The molecular formula is C24H34N4O3. The average molecular weight is 427 g/mol. The molecule has 168 valence electrons. The largest absolute Gasteiger partial charge is 0.356 e. The van der Waals surface area contributed by atoms with Crippen LogP contribution in [0, 0.1) is 17.8 Å². The van der Waals surface area contributed by atoms with Crippen molar-refractivity contribution in [3.8, 4) is 0 Å². The summed E-state index contributed by atoms with van der Waals surface area (Å²) < 4.78 is 0. The molecule has 0 aromatic carbocycles. The molecule has 1 aromatic rings. The number of pyridine rings is 1. The minimum absolute atomic E-state index is 0.0175. The van der Waals surface area contributed by atoms with Crippen LogP contribution in [0.4, 0.5) is 5.82 Å². The number of anilines is 1. The smallest absolute Gasteiger partial charge is 0.223 e. The lowest BCUT2D eigenvalue weighted by Gasteiger charge is -2.56. The number of carbonyl (C=O) groups excluding carboxylic acids is 3.